The monoisotopic (exact) mass is 473 g/mol. The summed E-state index contributed by atoms with van der Waals surface area (Å²) < 4.78 is 17.1. The van der Waals surface area contributed by atoms with Crippen molar-refractivity contribution < 1.29 is 23.5 Å². The Morgan fingerprint density at radius 3 is 2.79 bits per heavy atom. The van der Waals surface area contributed by atoms with Gasteiger partial charge in [0.15, 0.2) is 5.16 Å². The van der Waals surface area contributed by atoms with E-state index < -0.39 is 5.97 Å². The first kappa shape index (κ1) is 24.5. The number of methoxy groups -OCH3 is 1. The summed E-state index contributed by atoms with van der Waals surface area (Å²) in [4.78, 5) is 42.0. The van der Waals surface area contributed by atoms with Crippen molar-refractivity contribution in [2.45, 2.75) is 38.1 Å². The van der Waals surface area contributed by atoms with Crippen molar-refractivity contribution in [1.82, 2.24) is 14.9 Å². The van der Waals surface area contributed by atoms with Crippen LogP contribution in [0.5, 0.6) is 0 Å². The maximum Gasteiger partial charge on any atom is 0.337 e. The number of hydrogen-bond acceptors (Lipinski definition) is 8. The van der Waals surface area contributed by atoms with Gasteiger partial charge in [0.25, 0.3) is 5.56 Å². The standard InChI is InChI=1S/C23H27N3O6S/c1-15(2)31-11-5-9-24-20(27)14-33-23-25-19-12-16(22(29)30-3)7-8-18(19)21(28)26(23)13-17-6-4-10-32-17/h4,6-8,10,12,15H,5,9,11,13-14H2,1-3H3,(H,24,27). The van der Waals surface area contributed by atoms with E-state index in [1.54, 1.807) is 18.2 Å². The summed E-state index contributed by atoms with van der Waals surface area (Å²) >= 11 is 1.15. The summed E-state index contributed by atoms with van der Waals surface area (Å²) in [5.41, 5.74) is 0.354. The van der Waals surface area contributed by atoms with Crippen LogP contribution in [0.4, 0.5) is 0 Å². The Hall–Kier alpha value is -3.11. The van der Waals surface area contributed by atoms with Crippen LogP contribution in [-0.4, -0.2) is 53.5 Å². The SMILES string of the molecule is COC(=O)c1ccc2c(=O)n(Cc3ccco3)c(SCC(=O)NCCCOC(C)C)nc2c1. The largest absolute Gasteiger partial charge is 0.467 e. The summed E-state index contributed by atoms with van der Waals surface area (Å²) in [6.45, 7) is 5.16. The van der Waals surface area contributed by atoms with Crippen LogP contribution in [0.3, 0.4) is 0 Å². The lowest BCUT2D eigenvalue weighted by atomic mass is 10.1. The third-order valence-electron chi connectivity index (χ3n) is 4.66. The van der Waals surface area contributed by atoms with Gasteiger partial charge in [0.05, 0.1) is 48.2 Å². The highest BCUT2D eigenvalue weighted by molar-refractivity contribution is 7.99. The van der Waals surface area contributed by atoms with E-state index in [1.807, 2.05) is 13.8 Å². The van der Waals surface area contributed by atoms with Crippen molar-refractivity contribution in [3.8, 4) is 0 Å². The molecule has 0 fully saturated rings. The second-order valence-corrected chi connectivity index (χ2v) is 8.44. The molecule has 3 aromatic rings. The Balaban J connectivity index is 1.80. The van der Waals surface area contributed by atoms with E-state index in [0.717, 1.165) is 11.8 Å². The fourth-order valence-corrected chi connectivity index (χ4v) is 3.88. The van der Waals surface area contributed by atoms with E-state index in [0.29, 0.717) is 41.4 Å². The minimum absolute atomic E-state index is 0.0812. The molecule has 0 unspecified atom stereocenters. The van der Waals surface area contributed by atoms with Crippen molar-refractivity contribution in [2.75, 3.05) is 26.0 Å². The van der Waals surface area contributed by atoms with Crippen molar-refractivity contribution in [2.24, 2.45) is 0 Å². The highest BCUT2D eigenvalue weighted by Gasteiger charge is 2.16. The molecule has 0 aliphatic rings. The number of ether oxygens (including phenoxy) is 2. The first-order valence-corrected chi connectivity index (χ1v) is 11.5. The van der Waals surface area contributed by atoms with Crippen molar-refractivity contribution >= 4 is 34.5 Å². The summed E-state index contributed by atoms with van der Waals surface area (Å²) in [7, 11) is 1.29. The second kappa shape index (κ2) is 11.7. The Morgan fingerprint density at radius 1 is 1.27 bits per heavy atom. The summed E-state index contributed by atoms with van der Waals surface area (Å²) in [6.07, 6.45) is 2.39. The minimum atomic E-state index is -0.520. The number of rotatable bonds is 11. The predicted molar refractivity (Wildman–Crippen MR) is 125 cm³/mol. The molecule has 3 rings (SSSR count). The molecule has 0 spiro atoms. The van der Waals surface area contributed by atoms with Crippen LogP contribution in [0.1, 0.15) is 36.4 Å². The molecule has 176 valence electrons. The van der Waals surface area contributed by atoms with Gasteiger partial charge < -0.3 is 19.2 Å². The van der Waals surface area contributed by atoms with Crippen LogP contribution in [-0.2, 0) is 20.8 Å². The molecule has 0 radical (unpaired) electrons. The molecule has 0 saturated carbocycles. The van der Waals surface area contributed by atoms with Crippen LogP contribution < -0.4 is 10.9 Å². The molecule has 1 aromatic carbocycles. The number of carbonyl (C=O) groups excluding carboxylic acids is 2. The number of nitrogens with one attached hydrogen (secondary N) is 1. The molecule has 0 saturated heterocycles. The topological polar surface area (TPSA) is 113 Å². The average molecular weight is 474 g/mol. The number of benzene rings is 1. The number of esters is 1. The van der Waals surface area contributed by atoms with Gasteiger partial charge in [-0.25, -0.2) is 9.78 Å². The Labute approximate surface area is 195 Å². The summed E-state index contributed by atoms with van der Waals surface area (Å²) in [5, 5.41) is 3.55. The minimum Gasteiger partial charge on any atom is -0.467 e. The lowest BCUT2D eigenvalue weighted by Gasteiger charge is -2.13. The summed E-state index contributed by atoms with van der Waals surface area (Å²) in [5.74, 6) is -0.0289. The zero-order valence-electron chi connectivity index (χ0n) is 18.8. The molecule has 0 bridgehead atoms. The van der Waals surface area contributed by atoms with Gasteiger partial charge in [-0.3, -0.25) is 14.2 Å². The van der Waals surface area contributed by atoms with Crippen LogP contribution in [0, 0.1) is 0 Å². The molecule has 0 aliphatic carbocycles. The van der Waals surface area contributed by atoms with Crippen LogP contribution in [0.25, 0.3) is 10.9 Å². The van der Waals surface area contributed by atoms with Crippen molar-refractivity contribution in [1.29, 1.82) is 0 Å². The molecule has 2 aromatic heterocycles. The molecule has 33 heavy (non-hydrogen) atoms. The molecule has 10 heteroatoms. The van der Waals surface area contributed by atoms with Gasteiger partial charge in [-0.1, -0.05) is 11.8 Å². The van der Waals surface area contributed by atoms with Gasteiger partial charge in [0.2, 0.25) is 5.91 Å². The lowest BCUT2D eigenvalue weighted by Crippen LogP contribution is -2.28. The molecule has 9 nitrogen and oxygen atoms in total. The molecule has 1 N–H and O–H groups in total. The number of nitrogens with zero attached hydrogens (tertiary/aromatic N) is 2. The third-order valence-corrected chi connectivity index (χ3v) is 5.64. The molecule has 1 amide bonds. The van der Waals surface area contributed by atoms with Gasteiger partial charge in [0, 0.05) is 13.2 Å². The van der Waals surface area contributed by atoms with E-state index in [2.05, 4.69) is 10.3 Å². The molecular formula is C23H27N3O6S. The van der Waals surface area contributed by atoms with Crippen LogP contribution >= 0.6 is 11.8 Å². The maximum absolute atomic E-state index is 13.2. The number of furan rings is 1. The molecular weight excluding hydrogens is 446 g/mol. The fraction of sp³-hybridized carbons (Fsp3) is 0.391. The van der Waals surface area contributed by atoms with E-state index >= 15 is 0 Å². The number of thioether (sulfide) groups is 1. The second-order valence-electron chi connectivity index (χ2n) is 7.50. The number of aromatic nitrogens is 2. The lowest BCUT2D eigenvalue weighted by molar-refractivity contribution is -0.118. The third kappa shape index (κ3) is 6.69. The zero-order valence-corrected chi connectivity index (χ0v) is 19.6. The highest BCUT2D eigenvalue weighted by atomic mass is 32.2. The van der Waals surface area contributed by atoms with E-state index in [1.165, 1.54) is 30.1 Å². The van der Waals surface area contributed by atoms with Crippen LogP contribution in [0.15, 0.2) is 51.0 Å². The van der Waals surface area contributed by atoms with Crippen molar-refractivity contribution in [3.63, 3.8) is 0 Å². The summed E-state index contributed by atoms with van der Waals surface area (Å²) in [6, 6.07) is 8.09. The maximum atomic E-state index is 13.2. The molecule has 2 heterocycles. The van der Waals surface area contributed by atoms with E-state index in [-0.39, 0.29) is 35.4 Å². The van der Waals surface area contributed by atoms with Gasteiger partial charge >= 0.3 is 5.97 Å². The zero-order chi connectivity index (χ0) is 23.8. The Kier molecular flexibility index (Phi) is 8.67. The van der Waals surface area contributed by atoms with Gasteiger partial charge in [-0.2, -0.15) is 0 Å². The van der Waals surface area contributed by atoms with Gasteiger partial charge in [-0.15, -0.1) is 0 Å². The smallest absolute Gasteiger partial charge is 0.337 e. The molecule has 0 aliphatic heterocycles. The van der Waals surface area contributed by atoms with E-state index in [9.17, 15) is 14.4 Å². The Bertz CT molecular complexity index is 1160. The van der Waals surface area contributed by atoms with E-state index in [4.69, 9.17) is 13.9 Å². The number of fused-ring (bicyclic) bond motifs is 1. The first-order chi connectivity index (χ1) is 15.9. The van der Waals surface area contributed by atoms with Gasteiger partial charge in [0.1, 0.15) is 5.76 Å². The Morgan fingerprint density at radius 2 is 2.09 bits per heavy atom. The first-order valence-electron chi connectivity index (χ1n) is 10.6. The molecule has 0 atom stereocenters. The number of carbonyl (C=O) groups is 2. The van der Waals surface area contributed by atoms with Crippen LogP contribution in [0.2, 0.25) is 0 Å². The van der Waals surface area contributed by atoms with Crippen molar-refractivity contribution in [3.05, 3.63) is 58.3 Å². The predicted octanol–water partition coefficient (Wildman–Crippen LogP) is 2.85. The highest BCUT2D eigenvalue weighted by Crippen LogP contribution is 2.20. The van der Waals surface area contributed by atoms with Gasteiger partial charge in [-0.05, 0) is 50.6 Å². The quantitative estimate of drug-likeness (QED) is 0.196. The number of hydrogen-bond donors (Lipinski definition) is 1. The average Bonchev–Trinajstić information content (AvgIpc) is 3.31. The fourth-order valence-electron chi connectivity index (χ4n) is 3.05. The number of amides is 1. The normalized spacial score (nSPS) is 11.2.